The van der Waals surface area contributed by atoms with Gasteiger partial charge in [-0.1, -0.05) is 36.8 Å². The molecule has 0 saturated carbocycles. The number of fused-ring (bicyclic) bond motifs is 1. The van der Waals surface area contributed by atoms with E-state index in [0.717, 1.165) is 68.3 Å². The predicted octanol–water partition coefficient (Wildman–Crippen LogP) is 3.39. The summed E-state index contributed by atoms with van der Waals surface area (Å²) in [5, 5.41) is 16.6. The Morgan fingerprint density at radius 2 is 1.82 bits per heavy atom. The molecule has 0 bridgehead atoms. The van der Waals surface area contributed by atoms with Gasteiger partial charge in [0.2, 0.25) is 5.91 Å². The maximum atomic E-state index is 12.7. The summed E-state index contributed by atoms with van der Waals surface area (Å²) >= 11 is 0. The first-order chi connectivity index (χ1) is 16.7. The van der Waals surface area contributed by atoms with E-state index < -0.39 is 0 Å². The number of nitrogens with one attached hydrogen (secondary N) is 1. The number of rotatable bonds is 7. The normalized spacial score (nSPS) is 20.0. The molecule has 34 heavy (non-hydrogen) atoms. The summed E-state index contributed by atoms with van der Waals surface area (Å²) in [6, 6.07) is 14.6. The van der Waals surface area contributed by atoms with Gasteiger partial charge in [0.25, 0.3) is 0 Å². The van der Waals surface area contributed by atoms with Crippen LogP contribution < -0.4 is 10.2 Å². The third kappa shape index (κ3) is 5.06. The Hall–Kier alpha value is -3.00. The van der Waals surface area contributed by atoms with Gasteiger partial charge >= 0.3 is 0 Å². The number of anilines is 1. The van der Waals surface area contributed by atoms with Gasteiger partial charge in [0.05, 0.1) is 0 Å². The lowest BCUT2D eigenvalue weighted by atomic mass is 9.96. The van der Waals surface area contributed by atoms with Crippen LogP contribution in [0.4, 0.5) is 5.82 Å². The number of carbonyl (C=O) groups is 1. The zero-order valence-electron chi connectivity index (χ0n) is 20.1. The van der Waals surface area contributed by atoms with Gasteiger partial charge in [-0.15, -0.1) is 15.3 Å². The highest BCUT2D eigenvalue weighted by atomic mass is 16.1. The lowest BCUT2D eigenvalue weighted by Crippen LogP contribution is -2.42. The van der Waals surface area contributed by atoms with Crippen molar-refractivity contribution >= 4 is 17.4 Å². The molecule has 2 aliphatic heterocycles. The molecule has 2 aliphatic rings. The van der Waals surface area contributed by atoms with Gasteiger partial charge in [0.15, 0.2) is 11.5 Å². The van der Waals surface area contributed by atoms with Crippen molar-refractivity contribution in [3.63, 3.8) is 0 Å². The molecule has 8 heteroatoms. The van der Waals surface area contributed by atoms with Crippen molar-refractivity contribution < 1.29 is 4.79 Å². The molecule has 0 spiro atoms. The molecule has 5 rings (SSSR count). The number of benzene rings is 1. The minimum Gasteiger partial charge on any atom is -0.356 e. The minimum atomic E-state index is 0.0867. The highest BCUT2D eigenvalue weighted by molar-refractivity contribution is 5.79. The molecule has 1 atom stereocenters. The number of hydrogen-bond acceptors (Lipinski definition) is 6. The van der Waals surface area contributed by atoms with Crippen molar-refractivity contribution in [2.45, 2.75) is 51.5 Å². The quantitative estimate of drug-likeness (QED) is 0.544. The molecule has 0 unspecified atom stereocenters. The molecule has 2 aromatic heterocycles. The molecular weight excluding hydrogens is 426 g/mol. The summed E-state index contributed by atoms with van der Waals surface area (Å²) in [7, 11) is 0. The van der Waals surface area contributed by atoms with E-state index in [1.54, 1.807) is 0 Å². The van der Waals surface area contributed by atoms with E-state index in [1.165, 1.54) is 25.8 Å². The summed E-state index contributed by atoms with van der Waals surface area (Å²) in [6.07, 6.45) is 6.69. The number of aromatic nitrogens is 4. The maximum Gasteiger partial charge on any atom is 0.223 e. The molecule has 0 radical (unpaired) electrons. The molecule has 4 heterocycles. The van der Waals surface area contributed by atoms with E-state index in [-0.39, 0.29) is 11.8 Å². The van der Waals surface area contributed by atoms with Crippen molar-refractivity contribution in [3.05, 3.63) is 42.5 Å². The van der Waals surface area contributed by atoms with E-state index in [2.05, 4.69) is 32.2 Å². The first-order valence-electron chi connectivity index (χ1n) is 12.7. The van der Waals surface area contributed by atoms with Gasteiger partial charge in [0.1, 0.15) is 5.82 Å². The number of likely N-dealkylation sites (tertiary alicyclic amines) is 1. The highest BCUT2D eigenvalue weighted by Crippen LogP contribution is 2.24. The van der Waals surface area contributed by atoms with E-state index >= 15 is 0 Å². The van der Waals surface area contributed by atoms with Gasteiger partial charge in [-0.25, -0.2) is 0 Å². The minimum absolute atomic E-state index is 0.0867. The van der Waals surface area contributed by atoms with Crippen LogP contribution in [-0.2, 0) is 4.79 Å². The van der Waals surface area contributed by atoms with Crippen LogP contribution in [0, 0.1) is 5.92 Å². The van der Waals surface area contributed by atoms with Gasteiger partial charge in [0, 0.05) is 43.7 Å². The fraction of sp³-hybridized carbons (Fsp3) is 0.538. The van der Waals surface area contributed by atoms with E-state index in [1.807, 2.05) is 47.0 Å². The predicted molar refractivity (Wildman–Crippen MR) is 134 cm³/mol. The Morgan fingerprint density at radius 1 is 1.00 bits per heavy atom. The Balaban J connectivity index is 1.12. The van der Waals surface area contributed by atoms with Crippen molar-refractivity contribution in [1.82, 2.24) is 30.0 Å². The van der Waals surface area contributed by atoms with Crippen molar-refractivity contribution in [1.29, 1.82) is 0 Å². The largest absolute Gasteiger partial charge is 0.356 e. The van der Waals surface area contributed by atoms with Crippen LogP contribution in [-0.4, -0.2) is 69.4 Å². The van der Waals surface area contributed by atoms with Crippen LogP contribution in [0.5, 0.6) is 0 Å². The maximum absolute atomic E-state index is 12.7. The second-order valence-electron chi connectivity index (χ2n) is 9.64. The molecule has 1 N–H and O–H groups in total. The number of nitrogens with zero attached hydrogens (tertiary/aromatic N) is 6. The van der Waals surface area contributed by atoms with Crippen molar-refractivity contribution in [3.8, 4) is 11.4 Å². The van der Waals surface area contributed by atoms with Gasteiger partial charge in [-0.05, 0) is 57.7 Å². The number of amides is 1. The molecule has 1 amide bonds. The molecular formula is C26H35N7O. The Kier molecular flexibility index (Phi) is 7.04. The number of piperidine rings is 2. The zero-order chi connectivity index (χ0) is 23.3. The lowest BCUT2D eigenvalue weighted by Gasteiger charge is -2.33. The van der Waals surface area contributed by atoms with Crippen molar-refractivity contribution in [2.75, 3.05) is 37.6 Å². The monoisotopic (exact) mass is 461 g/mol. The van der Waals surface area contributed by atoms with E-state index in [9.17, 15) is 4.79 Å². The second kappa shape index (κ2) is 10.5. The lowest BCUT2D eigenvalue weighted by molar-refractivity contribution is -0.125. The molecule has 180 valence electrons. The summed E-state index contributed by atoms with van der Waals surface area (Å²) < 4.78 is 1.81. The first-order valence-corrected chi connectivity index (χ1v) is 12.7. The standard InChI is InChI=1S/C26H35N7O/c1-20-8-5-6-16-31(20)17-7-15-27-26(34)22-13-18-32(19-14-22)24-12-11-23-28-29-25(33(23)30-24)21-9-3-2-4-10-21/h2-4,9-12,20,22H,5-8,13-19H2,1H3,(H,27,34)/t20-/m0/s1. The Labute approximate surface area is 201 Å². The van der Waals surface area contributed by atoms with E-state index in [4.69, 9.17) is 5.10 Å². The SMILES string of the molecule is C[C@H]1CCCCN1CCCNC(=O)C1CCN(c2ccc3nnc(-c4ccccc4)n3n2)CC1. The third-order valence-corrected chi connectivity index (χ3v) is 7.33. The van der Waals surface area contributed by atoms with Crippen LogP contribution in [0.25, 0.3) is 17.0 Å². The summed E-state index contributed by atoms with van der Waals surface area (Å²) in [6.45, 7) is 7.03. The zero-order valence-corrected chi connectivity index (χ0v) is 20.1. The molecule has 8 nitrogen and oxygen atoms in total. The van der Waals surface area contributed by atoms with Crippen molar-refractivity contribution in [2.24, 2.45) is 5.92 Å². The van der Waals surface area contributed by atoms with Crippen LogP contribution in [0.1, 0.15) is 45.4 Å². The number of hydrogen-bond donors (Lipinski definition) is 1. The van der Waals surface area contributed by atoms with E-state index in [0.29, 0.717) is 6.04 Å². The highest BCUT2D eigenvalue weighted by Gasteiger charge is 2.26. The molecule has 0 aliphatic carbocycles. The van der Waals surface area contributed by atoms with Gasteiger partial charge in [-0.3, -0.25) is 4.79 Å². The van der Waals surface area contributed by atoms with Crippen LogP contribution >= 0.6 is 0 Å². The third-order valence-electron chi connectivity index (χ3n) is 7.33. The van der Waals surface area contributed by atoms with Crippen LogP contribution in [0.3, 0.4) is 0 Å². The van der Waals surface area contributed by atoms with Gasteiger partial charge in [-0.2, -0.15) is 4.52 Å². The topological polar surface area (TPSA) is 78.7 Å². The summed E-state index contributed by atoms with van der Waals surface area (Å²) in [5.74, 6) is 1.94. The average molecular weight is 462 g/mol. The van der Waals surface area contributed by atoms with Gasteiger partial charge < -0.3 is 15.1 Å². The molecule has 3 aromatic rings. The smallest absolute Gasteiger partial charge is 0.223 e. The second-order valence-corrected chi connectivity index (χ2v) is 9.64. The summed E-state index contributed by atoms with van der Waals surface area (Å²) in [5.41, 5.74) is 1.72. The fourth-order valence-corrected chi connectivity index (χ4v) is 5.21. The molecule has 1 aromatic carbocycles. The number of carbonyl (C=O) groups excluding carboxylic acids is 1. The molecule has 2 saturated heterocycles. The average Bonchev–Trinajstić information content (AvgIpc) is 3.31. The van der Waals surface area contributed by atoms with Crippen LogP contribution in [0.15, 0.2) is 42.5 Å². The Morgan fingerprint density at radius 3 is 2.62 bits per heavy atom. The first kappa shape index (κ1) is 22.8. The molecule has 2 fully saturated rings. The fourth-order valence-electron chi connectivity index (χ4n) is 5.21. The Bertz CT molecular complexity index is 1090. The van der Waals surface area contributed by atoms with Crippen LogP contribution in [0.2, 0.25) is 0 Å². The summed E-state index contributed by atoms with van der Waals surface area (Å²) in [4.78, 5) is 17.5.